The number of piperidine rings is 1. The van der Waals surface area contributed by atoms with E-state index in [0.29, 0.717) is 49.5 Å². The summed E-state index contributed by atoms with van der Waals surface area (Å²) in [6.45, 7) is 5.36. The Kier molecular flexibility index (Phi) is 11.5. The molecule has 11 heteroatoms. The number of aryl methyl sites for hydroxylation is 1. The second-order valence-electron chi connectivity index (χ2n) is 14.1. The third-order valence-corrected chi connectivity index (χ3v) is 10.3. The molecule has 2 saturated heterocycles. The Morgan fingerprint density at radius 3 is 2.37 bits per heavy atom. The number of amides is 4. The number of methoxy groups -OCH3 is 1. The van der Waals surface area contributed by atoms with Crippen molar-refractivity contribution in [2.45, 2.75) is 51.8 Å². The molecule has 4 atom stereocenters. The number of carbonyl (C=O) groups excluding carboxylic acids is 4. The van der Waals surface area contributed by atoms with Gasteiger partial charge in [0.15, 0.2) is 11.5 Å². The zero-order chi connectivity index (χ0) is 36.8. The summed E-state index contributed by atoms with van der Waals surface area (Å²) in [6, 6.07) is 24.4. The quantitative estimate of drug-likeness (QED) is 0.211. The van der Waals surface area contributed by atoms with Gasteiger partial charge in [-0.1, -0.05) is 48.5 Å². The van der Waals surface area contributed by atoms with Crippen molar-refractivity contribution < 1.29 is 28.7 Å². The van der Waals surface area contributed by atoms with E-state index in [1.807, 2.05) is 73.1 Å². The molecule has 2 aliphatic heterocycles. The zero-order valence-electron chi connectivity index (χ0n) is 30.4. The molecule has 3 unspecified atom stereocenters. The molecule has 4 aromatic rings. The molecule has 11 nitrogen and oxygen atoms in total. The first-order valence-corrected chi connectivity index (χ1v) is 18.2. The summed E-state index contributed by atoms with van der Waals surface area (Å²) in [4.78, 5) is 58.7. The van der Waals surface area contributed by atoms with Crippen LogP contribution in [0.1, 0.15) is 42.6 Å². The van der Waals surface area contributed by atoms with Crippen LogP contribution in [-0.2, 0) is 27.3 Å². The lowest BCUT2D eigenvalue weighted by Crippen LogP contribution is -2.56. The van der Waals surface area contributed by atoms with Gasteiger partial charge in [-0.15, -0.1) is 0 Å². The van der Waals surface area contributed by atoms with Crippen molar-refractivity contribution in [3.05, 3.63) is 96.2 Å². The molecule has 3 heterocycles. The molecule has 0 bridgehead atoms. The van der Waals surface area contributed by atoms with E-state index in [1.54, 1.807) is 42.2 Å². The summed E-state index contributed by atoms with van der Waals surface area (Å²) in [6.07, 6.45) is 3.80. The van der Waals surface area contributed by atoms with Crippen LogP contribution >= 0.6 is 0 Å². The number of hydrogen-bond acceptors (Lipinski definition) is 6. The molecular formula is C41H49N5O6. The van der Waals surface area contributed by atoms with Crippen LogP contribution in [0.15, 0.2) is 85.1 Å². The highest BCUT2D eigenvalue weighted by Crippen LogP contribution is 2.37. The average molecular weight is 708 g/mol. The molecule has 6 rings (SSSR count). The van der Waals surface area contributed by atoms with E-state index in [0.717, 1.165) is 17.3 Å². The van der Waals surface area contributed by atoms with Gasteiger partial charge in [0.05, 0.1) is 19.1 Å². The van der Waals surface area contributed by atoms with E-state index in [9.17, 15) is 19.2 Å². The number of carbonyl (C=O) groups is 4. The van der Waals surface area contributed by atoms with Gasteiger partial charge in [-0.25, -0.2) is 0 Å². The zero-order valence-corrected chi connectivity index (χ0v) is 30.4. The van der Waals surface area contributed by atoms with Crippen LogP contribution in [0.25, 0.3) is 10.9 Å². The van der Waals surface area contributed by atoms with Crippen molar-refractivity contribution in [3.63, 3.8) is 0 Å². The summed E-state index contributed by atoms with van der Waals surface area (Å²) in [5.41, 5.74) is 2.58. The predicted octanol–water partition coefficient (Wildman–Crippen LogP) is 4.54. The smallest absolute Gasteiger partial charge is 0.254 e. The number of benzene rings is 3. The molecule has 52 heavy (non-hydrogen) atoms. The van der Waals surface area contributed by atoms with E-state index in [4.69, 9.17) is 9.47 Å². The first-order valence-electron chi connectivity index (χ1n) is 18.2. The van der Waals surface area contributed by atoms with Crippen LogP contribution in [0.5, 0.6) is 11.5 Å². The van der Waals surface area contributed by atoms with Crippen molar-refractivity contribution in [1.29, 1.82) is 0 Å². The van der Waals surface area contributed by atoms with Gasteiger partial charge in [0.25, 0.3) is 5.91 Å². The molecule has 2 aliphatic rings. The Morgan fingerprint density at radius 2 is 1.62 bits per heavy atom. The van der Waals surface area contributed by atoms with Gasteiger partial charge in [0.2, 0.25) is 17.7 Å². The fourth-order valence-electron chi connectivity index (χ4n) is 7.66. The van der Waals surface area contributed by atoms with Crippen LogP contribution < -0.4 is 20.1 Å². The van der Waals surface area contributed by atoms with Crippen LogP contribution in [0.2, 0.25) is 0 Å². The molecule has 1 aromatic heterocycles. The van der Waals surface area contributed by atoms with Crippen molar-refractivity contribution in [1.82, 2.24) is 25.0 Å². The van der Waals surface area contributed by atoms with E-state index in [-0.39, 0.29) is 54.7 Å². The van der Waals surface area contributed by atoms with Crippen molar-refractivity contribution in [3.8, 4) is 11.5 Å². The summed E-state index contributed by atoms with van der Waals surface area (Å²) in [5, 5.41) is 6.80. The number of nitrogens with one attached hydrogen (secondary N) is 2. The summed E-state index contributed by atoms with van der Waals surface area (Å²) >= 11 is 0. The SMILES string of the molecule is CNC(=O)[C@H](CCCc1ccccc1)NC(=O)C1CN(C(=O)Cn2ccc3ccccc32)CC2CN(C(=O)c3ccc(OC(C)C)c(OC)c3)CC21. The fourth-order valence-corrected chi connectivity index (χ4v) is 7.66. The minimum Gasteiger partial charge on any atom is -0.493 e. The van der Waals surface area contributed by atoms with Gasteiger partial charge in [-0.3, -0.25) is 19.2 Å². The molecule has 2 fully saturated rings. The minimum atomic E-state index is -0.727. The number of para-hydroxylation sites is 1. The highest BCUT2D eigenvalue weighted by atomic mass is 16.5. The highest BCUT2D eigenvalue weighted by molar-refractivity contribution is 5.95. The molecule has 0 saturated carbocycles. The van der Waals surface area contributed by atoms with Crippen molar-refractivity contribution in [2.24, 2.45) is 17.8 Å². The van der Waals surface area contributed by atoms with E-state index in [1.165, 1.54) is 5.56 Å². The lowest BCUT2D eigenvalue weighted by atomic mass is 9.79. The number of rotatable bonds is 13. The summed E-state index contributed by atoms with van der Waals surface area (Å²) in [7, 11) is 3.11. The Labute approximate surface area is 305 Å². The molecular weight excluding hydrogens is 658 g/mol. The minimum absolute atomic E-state index is 0.0611. The number of likely N-dealkylation sites (N-methyl/N-ethyl adjacent to an activating group) is 1. The second kappa shape index (κ2) is 16.4. The largest absolute Gasteiger partial charge is 0.493 e. The fraction of sp³-hybridized carbons (Fsp3) is 0.415. The third-order valence-electron chi connectivity index (χ3n) is 10.3. The topological polar surface area (TPSA) is 122 Å². The molecule has 3 aromatic carbocycles. The Morgan fingerprint density at radius 1 is 0.865 bits per heavy atom. The Balaban J connectivity index is 1.22. The number of fused-ring (bicyclic) bond motifs is 2. The molecule has 2 N–H and O–H groups in total. The Hall–Kier alpha value is -5.32. The lowest BCUT2D eigenvalue weighted by molar-refractivity contribution is -0.141. The van der Waals surface area contributed by atoms with Crippen LogP contribution in [0, 0.1) is 17.8 Å². The summed E-state index contributed by atoms with van der Waals surface area (Å²) in [5.74, 6) is -0.722. The number of hydrogen-bond donors (Lipinski definition) is 2. The van der Waals surface area contributed by atoms with Crippen LogP contribution in [-0.4, -0.2) is 90.5 Å². The molecule has 274 valence electrons. The van der Waals surface area contributed by atoms with E-state index in [2.05, 4.69) is 22.8 Å². The van der Waals surface area contributed by atoms with Crippen LogP contribution in [0.3, 0.4) is 0 Å². The standard InChI is InChI=1S/C41H49N5O6/c1-27(2)52-36-18-17-30(21-37(36)51-4)41(50)46-23-31-22-45(38(47)26-44-20-19-29-14-8-9-16-35(29)44)25-33(32(31)24-46)39(48)43-34(40(49)42-3)15-10-13-28-11-6-5-7-12-28/h5-9,11-12,14,16-21,27,31-34H,10,13,15,22-26H2,1-4H3,(H,42,49)(H,43,48)/t31?,32?,33?,34-/m0/s1. The Bertz CT molecular complexity index is 1890. The molecule has 4 amide bonds. The monoisotopic (exact) mass is 707 g/mol. The molecule has 0 aliphatic carbocycles. The van der Waals surface area contributed by atoms with Gasteiger partial charge in [-0.2, -0.15) is 0 Å². The number of likely N-dealkylation sites (tertiary alicyclic amines) is 2. The lowest BCUT2D eigenvalue weighted by Gasteiger charge is -2.40. The maximum Gasteiger partial charge on any atom is 0.254 e. The predicted molar refractivity (Wildman–Crippen MR) is 199 cm³/mol. The van der Waals surface area contributed by atoms with Gasteiger partial charge < -0.3 is 34.5 Å². The average Bonchev–Trinajstić information content (AvgIpc) is 3.78. The van der Waals surface area contributed by atoms with Crippen molar-refractivity contribution in [2.75, 3.05) is 40.3 Å². The van der Waals surface area contributed by atoms with Gasteiger partial charge in [-0.05, 0) is 86.2 Å². The maximum absolute atomic E-state index is 14.3. The normalized spacial score (nSPS) is 18.9. The highest BCUT2D eigenvalue weighted by Gasteiger charge is 2.48. The first-order chi connectivity index (χ1) is 25.1. The molecule has 0 spiro atoms. The van der Waals surface area contributed by atoms with E-state index >= 15 is 0 Å². The van der Waals surface area contributed by atoms with Gasteiger partial charge >= 0.3 is 0 Å². The summed E-state index contributed by atoms with van der Waals surface area (Å²) < 4.78 is 13.3. The van der Waals surface area contributed by atoms with E-state index < -0.39 is 12.0 Å². The van der Waals surface area contributed by atoms with Crippen LogP contribution in [0.4, 0.5) is 0 Å². The second-order valence-corrected chi connectivity index (χ2v) is 14.1. The number of aromatic nitrogens is 1. The third kappa shape index (κ3) is 8.25. The van der Waals surface area contributed by atoms with Crippen molar-refractivity contribution >= 4 is 34.5 Å². The first kappa shape index (κ1) is 36.5. The maximum atomic E-state index is 14.3. The number of ether oxygens (including phenoxy) is 2. The molecule has 0 radical (unpaired) electrons. The van der Waals surface area contributed by atoms with Gasteiger partial charge in [0.1, 0.15) is 12.6 Å². The van der Waals surface area contributed by atoms with Gasteiger partial charge in [0, 0.05) is 50.5 Å². The number of nitrogens with zero attached hydrogens (tertiary/aromatic N) is 3.